The SMILES string of the molecule is COCc1c(C(=O)OC(C)(C)C)ncc2[nH]c3ccc(ON4C=CC(Cl)=CN4)cc3c12. The van der Waals surface area contributed by atoms with Gasteiger partial charge in [0.25, 0.3) is 0 Å². The normalized spacial score (nSPS) is 14.0. The van der Waals surface area contributed by atoms with Gasteiger partial charge in [0.15, 0.2) is 11.4 Å². The van der Waals surface area contributed by atoms with Gasteiger partial charge in [-0.3, -0.25) is 5.43 Å². The highest BCUT2D eigenvalue weighted by Gasteiger charge is 2.24. The van der Waals surface area contributed by atoms with Crippen LogP contribution in [0, 0.1) is 0 Å². The second-order valence-electron chi connectivity index (χ2n) is 8.03. The first-order valence-corrected chi connectivity index (χ1v) is 10.1. The third-order valence-electron chi connectivity index (χ3n) is 4.49. The van der Waals surface area contributed by atoms with Crippen molar-refractivity contribution in [3.63, 3.8) is 0 Å². The van der Waals surface area contributed by atoms with Crippen LogP contribution in [-0.2, 0) is 16.1 Å². The fraction of sp³-hybridized carbons (Fsp3) is 0.273. The molecule has 2 aromatic heterocycles. The molecule has 0 spiro atoms. The highest BCUT2D eigenvalue weighted by molar-refractivity contribution is 6.31. The lowest BCUT2D eigenvalue weighted by molar-refractivity contribution is -0.0433. The number of hydrogen-bond acceptors (Lipinski definition) is 7. The van der Waals surface area contributed by atoms with Crippen molar-refractivity contribution in [1.29, 1.82) is 0 Å². The molecule has 9 heteroatoms. The number of hydroxylamine groups is 1. The van der Waals surface area contributed by atoms with E-state index in [-0.39, 0.29) is 12.3 Å². The lowest BCUT2D eigenvalue weighted by Gasteiger charge is -2.22. The van der Waals surface area contributed by atoms with Crippen molar-refractivity contribution in [2.45, 2.75) is 33.0 Å². The molecular weight excluding hydrogens is 420 g/mol. The van der Waals surface area contributed by atoms with E-state index in [0.717, 1.165) is 21.8 Å². The van der Waals surface area contributed by atoms with Gasteiger partial charge in [-0.15, -0.1) is 5.17 Å². The van der Waals surface area contributed by atoms with Gasteiger partial charge in [-0.05, 0) is 45.0 Å². The van der Waals surface area contributed by atoms with Gasteiger partial charge >= 0.3 is 5.97 Å². The highest BCUT2D eigenvalue weighted by atomic mass is 35.5. The monoisotopic (exact) mass is 442 g/mol. The zero-order chi connectivity index (χ0) is 22.2. The lowest BCUT2D eigenvalue weighted by Crippen LogP contribution is -2.34. The van der Waals surface area contributed by atoms with Crippen LogP contribution in [0.4, 0.5) is 0 Å². The van der Waals surface area contributed by atoms with E-state index in [2.05, 4.69) is 15.4 Å². The number of nitrogens with zero attached hydrogens (tertiary/aromatic N) is 2. The zero-order valence-corrected chi connectivity index (χ0v) is 18.4. The molecule has 1 aliphatic heterocycles. The Labute approximate surface area is 184 Å². The molecule has 0 saturated carbocycles. The molecule has 1 aliphatic rings. The third kappa shape index (κ3) is 4.45. The van der Waals surface area contributed by atoms with Crippen LogP contribution in [0.15, 0.2) is 47.9 Å². The number of methoxy groups -OCH3 is 1. The molecule has 8 nitrogen and oxygen atoms in total. The number of rotatable bonds is 5. The molecular formula is C22H23ClN4O4. The molecule has 0 fully saturated rings. The van der Waals surface area contributed by atoms with Crippen molar-refractivity contribution in [2.75, 3.05) is 7.11 Å². The maximum absolute atomic E-state index is 12.8. The first-order valence-electron chi connectivity index (χ1n) is 9.68. The number of carbonyl (C=O) groups excluding carboxylic acids is 1. The predicted octanol–water partition coefficient (Wildman–Crippen LogP) is 4.53. The number of aromatic amines is 1. The average molecular weight is 443 g/mol. The van der Waals surface area contributed by atoms with Crippen LogP contribution < -0.4 is 10.3 Å². The Morgan fingerprint density at radius 1 is 1.26 bits per heavy atom. The predicted molar refractivity (Wildman–Crippen MR) is 118 cm³/mol. The molecule has 0 amide bonds. The Hall–Kier alpha value is -3.23. The van der Waals surface area contributed by atoms with Crippen molar-refractivity contribution in [1.82, 2.24) is 20.6 Å². The van der Waals surface area contributed by atoms with Crippen molar-refractivity contribution in [2.24, 2.45) is 0 Å². The number of halogens is 1. The topological polar surface area (TPSA) is 88.7 Å². The van der Waals surface area contributed by atoms with E-state index in [4.69, 9.17) is 25.9 Å². The molecule has 3 aromatic rings. The van der Waals surface area contributed by atoms with E-state index in [9.17, 15) is 4.79 Å². The standard InChI is InChI=1S/C22H23ClN4O4/c1-22(2,3)30-21(28)20-16(12-29-4)19-15-9-14(31-27-8-7-13(23)10-25-27)5-6-17(15)26-18(19)11-24-20/h5-11,25-26H,12H2,1-4H3. The number of allylic oxidation sites excluding steroid dienone is 2. The maximum Gasteiger partial charge on any atom is 0.357 e. The number of ether oxygens (including phenoxy) is 2. The molecule has 0 bridgehead atoms. The molecule has 31 heavy (non-hydrogen) atoms. The number of hydrazine groups is 1. The second-order valence-corrected chi connectivity index (χ2v) is 8.47. The van der Waals surface area contributed by atoms with Crippen molar-refractivity contribution < 1.29 is 19.1 Å². The second kappa shape index (κ2) is 8.13. The third-order valence-corrected chi connectivity index (χ3v) is 4.73. The summed E-state index contributed by atoms with van der Waals surface area (Å²) in [6.45, 7) is 5.66. The van der Waals surface area contributed by atoms with Crippen molar-refractivity contribution in [3.05, 3.63) is 59.2 Å². The highest BCUT2D eigenvalue weighted by Crippen LogP contribution is 2.33. The maximum atomic E-state index is 12.8. The van der Waals surface area contributed by atoms with E-state index < -0.39 is 11.6 Å². The number of benzene rings is 1. The van der Waals surface area contributed by atoms with E-state index in [1.165, 1.54) is 5.17 Å². The zero-order valence-electron chi connectivity index (χ0n) is 17.7. The molecule has 3 heterocycles. The summed E-state index contributed by atoms with van der Waals surface area (Å²) >= 11 is 5.91. The summed E-state index contributed by atoms with van der Waals surface area (Å²) in [4.78, 5) is 26.3. The van der Waals surface area contributed by atoms with Gasteiger partial charge in [0, 0.05) is 35.2 Å². The fourth-order valence-corrected chi connectivity index (χ4v) is 3.41. The van der Waals surface area contributed by atoms with Crippen LogP contribution in [0.2, 0.25) is 0 Å². The molecule has 0 atom stereocenters. The average Bonchev–Trinajstić information content (AvgIpc) is 3.07. The van der Waals surface area contributed by atoms with Crippen LogP contribution in [0.1, 0.15) is 36.8 Å². The summed E-state index contributed by atoms with van der Waals surface area (Å²) in [5, 5.41) is 3.72. The summed E-state index contributed by atoms with van der Waals surface area (Å²) in [6.07, 6.45) is 6.62. The molecule has 0 aliphatic carbocycles. The first kappa shape index (κ1) is 21.0. The van der Waals surface area contributed by atoms with Crippen LogP contribution in [-0.4, -0.2) is 33.8 Å². The van der Waals surface area contributed by atoms with Crippen molar-refractivity contribution >= 4 is 39.4 Å². The Morgan fingerprint density at radius 2 is 2.06 bits per heavy atom. The minimum Gasteiger partial charge on any atom is -0.455 e. The smallest absolute Gasteiger partial charge is 0.357 e. The first-order chi connectivity index (χ1) is 14.7. The largest absolute Gasteiger partial charge is 0.455 e. The van der Waals surface area contributed by atoms with Gasteiger partial charge in [0.2, 0.25) is 0 Å². The minimum atomic E-state index is -0.633. The number of hydrogen-bond donors (Lipinski definition) is 2. The van der Waals surface area contributed by atoms with Crippen molar-refractivity contribution in [3.8, 4) is 5.75 Å². The number of aromatic nitrogens is 2. The van der Waals surface area contributed by atoms with Gasteiger partial charge in [0.05, 0.1) is 29.6 Å². The molecule has 0 radical (unpaired) electrons. The van der Waals surface area contributed by atoms with Gasteiger partial charge in [-0.1, -0.05) is 11.6 Å². The summed E-state index contributed by atoms with van der Waals surface area (Å²) in [6, 6.07) is 5.64. The molecule has 0 saturated heterocycles. The Balaban J connectivity index is 1.79. The number of esters is 1. The van der Waals surface area contributed by atoms with Crippen LogP contribution >= 0.6 is 11.6 Å². The van der Waals surface area contributed by atoms with Gasteiger partial charge in [-0.2, -0.15) is 0 Å². The molecule has 4 rings (SSSR count). The van der Waals surface area contributed by atoms with Crippen LogP contribution in [0.3, 0.4) is 0 Å². The summed E-state index contributed by atoms with van der Waals surface area (Å²) < 4.78 is 10.9. The van der Waals surface area contributed by atoms with Gasteiger partial charge < -0.3 is 19.3 Å². The van der Waals surface area contributed by atoms with E-state index in [1.54, 1.807) is 31.8 Å². The molecule has 162 valence electrons. The minimum absolute atomic E-state index is 0.205. The molecule has 1 aromatic carbocycles. The van der Waals surface area contributed by atoms with Gasteiger partial charge in [0.1, 0.15) is 5.60 Å². The number of carbonyl (C=O) groups is 1. The van der Waals surface area contributed by atoms with E-state index >= 15 is 0 Å². The van der Waals surface area contributed by atoms with Crippen LogP contribution in [0.25, 0.3) is 21.8 Å². The molecule has 2 N–H and O–H groups in total. The lowest BCUT2D eigenvalue weighted by atomic mass is 10.1. The fourth-order valence-electron chi connectivity index (χ4n) is 3.31. The van der Waals surface area contributed by atoms with E-state index in [1.807, 2.05) is 39.0 Å². The molecule has 0 unspecified atom stereocenters. The number of fused-ring (bicyclic) bond motifs is 3. The quantitative estimate of drug-likeness (QED) is 0.561. The van der Waals surface area contributed by atoms with Crippen LogP contribution in [0.5, 0.6) is 5.75 Å². The van der Waals surface area contributed by atoms with E-state index in [0.29, 0.717) is 16.3 Å². The summed E-state index contributed by atoms with van der Waals surface area (Å²) in [5.41, 5.74) is 4.83. The summed E-state index contributed by atoms with van der Waals surface area (Å²) in [5.74, 6) is 0.102. The Morgan fingerprint density at radius 3 is 2.74 bits per heavy atom. The Kier molecular flexibility index (Phi) is 5.51. The Bertz CT molecular complexity index is 1210. The number of H-pyrrole nitrogens is 1. The number of nitrogens with one attached hydrogen (secondary N) is 2. The number of pyridine rings is 1. The van der Waals surface area contributed by atoms with Gasteiger partial charge in [-0.25, -0.2) is 9.78 Å². The summed E-state index contributed by atoms with van der Waals surface area (Å²) in [7, 11) is 1.58.